The number of carbonyl (C=O) groups excluding carboxylic acids is 1. The van der Waals surface area contributed by atoms with Crippen LogP contribution in [-0.2, 0) is 4.79 Å². The van der Waals surface area contributed by atoms with E-state index in [0.29, 0.717) is 23.9 Å². The number of piperazine rings is 1. The number of nitrogens with zero attached hydrogens (tertiary/aromatic N) is 2. The molecule has 0 saturated carbocycles. The van der Waals surface area contributed by atoms with Crippen LogP contribution in [0.4, 0.5) is 18.9 Å². The first-order valence-electron chi connectivity index (χ1n) is 7.61. The fourth-order valence-electron chi connectivity index (χ4n) is 2.41. The van der Waals surface area contributed by atoms with Gasteiger partial charge >= 0.3 is 6.36 Å². The number of benzene rings is 1. The van der Waals surface area contributed by atoms with E-state index in [1.165, 1.54) is 12.1 Å². The predicted octanol–water partition coefficient (Wildman–Crippen LogP) is 1.65. The Morgan fingerprint density at radius 3 is 2.32 bits per heavy atom. The third-order valence-electron chi connectivity index (χ3n) is 3.61. The van der Waals surface area contributed by atoms with Crippen molar-refractivity contribution in [1.29, 1.82) is 0 Å². The van der Waals surface area contributed by atoms with Gasteiger partial charge in [-0.1, -0.05) is 0 Å². The van der Waals surface area contributed by atoms with Crippen molar-refractivity contribution in [3.8, 4) is 5.75 Å². The number of rotatable bonds is 4. The second-order valence-electron chi connectivity index (χ2n) is 5.44. The molecule has 1 amide bonds. The molecule has 2 rings (SSSR count). The average Bonchev–Trinajstić information content (AvgIpc) is 2.55. The van der Waals surface area contributed by atoms with E-state index in [4.69, 9.17) is 12.2 Å². The average molecular weight is 376 g/mol. The third-order valence-corrected chi connectivity index (χ3v) is 4.07. The number of carbonyl (C=O) groups is 1. The topological polar surface area (TPSA) is 56.8 Å². The van der Waals surface area contributed by atoms with Gasteiger partial charge in [0.2, 0.25) is 5.91 Å². The van der Waals surface area contributed by atoms with E-state index in [2.05, 4.69) is 15.4 Å². The molecule has 1 aromatic carbocycles. The normalized spacial score (nSPS) is 15.6. The molecule has 1 heterocycles. The van der Waals surface area contributed by atoms with E-state index in [0.717, 1.165) is 25.2 Å². The molecular formula is C15H19F3N4O2S. The van der Waals surface area contributed by atoms with Crippen molar-refractivity contribution < 1.29 is 22.7 Å². The number of thiocarbonyl (C=S) groups is 1. The Labute approximate surface area is 148 Å². The number of nitrogens with one attached hydrogen (secondary N) is 2. The zero-order valence-electron chi connectivity index (χ0n) is 13.6. The molecule has 1 aromatic rings. The van der Waals surface area contributed by atoms with Crippen LogP contribution in [0.2, 0.25) is 0 Å². The molecule has 0 atom stereocenters. The molecule has 0 spiro atoms. The molecule has 2 N–H and O–H groups in total. The fourth-order valence-corrected chi connectivity index (χ4v) is 2.59. The molecule has 1 aliphatic heterocycles. The zero-order valence-corrected chi connectivity index (χ0v) is 14.4. The fraction of sp³-hybridized carbons (Fsp3) is 0.467. The number of alkyl halides is 3. The van der Waals surface area contributed by atoms with Crippen LogP contribution in [0, 0.1) is 0 Å². The van der Waals surface area contributed by atoms with Crippen molar-refractivity contribution in [3.05, 3.63) is 24.3 Å². The summed E-state index contributed by atoms with van der Waals surface area (Å²) in [4.78, 5) is 16.1. The molecule has 1 saturated heterocycles. The maximum atomic E-state index is 12.1. The van der Waals surface area contributed by atoms with Crippen LogP contribution < -0.4 is 15.4 Å². The summed E-state index contributed by atoms with van der Waals surface area (Å²) < 4.78 is 40.1. The molecule has 6 nitrogen and oxygen atoms in total. The lowest BCUT2D eigenvalue weighted by atomic mass is 10.3. The predicted molar refractivity (Wildman–Crippen MR) is 91.4 cm³/mol. The Morgan fingerprint density at radius 2 is 1.80 bits per heavy atom. The Hall–Kier alpha value is -2.07. The van der Waals surface area contributed by atoms with Gasteiger partial charge in [-0.15, -0.1) is 13.2 Å². The molecule has 0 bridgehead atoms. The maximum absolute atomic E-state index is 12.1. The summed E-state index contributed by atoms with van der Waals surface area (Å²) >= 11 is 5.17. The van der Waals surface area contributed by atoms with Gasteiger partial charge in [0.15, 0.2) is 5.11 Å². The summed E-state index contributed by atoms with van der Waals surface area (Å²) in [5.74, 6) is -0.559. The highest BCUT2D eigenvalue weighted by atomic mass is 32.1. The van der Waals surface area contributed by atoms with Gasteiger partial charge in [0, 0.05) is 38.9 Å². The lowest BCUT2D eigenvalue weighted by Crippen LogP contribution is -2.52. The van der Waals surface area contributed by atoms with E-state index in [9.17, 15) is 18.0 Å². The summed E-state index contributed by atoms with van der Waals surface area (Å²) in [6.45, 7) is 3.08. The molecule has 0 radical (unpaired) electrons. The lowest BCUT2D eigenvalue weighted by molar-refractivity contribution is -0.274. The minimum absolute atomic E-state index is 0.209. The first-order valence-corrected chi connectivity index (χ1v) is 8.02. The van der Waals surface area contributed by atoms with Gasteiger partial charge in [-0.2, -0.15) is 0 Å². The van der Waals surface area contributed by atoms with Crippen LogP contribution >= 0.6 is 12.2 Å². The standard InChI is InChI=1S/C15H19F3N4O2S/c1-19-14(25)22-8-6-21(7-9-22)10-13(23)20-11-2-4-12(5-3-11)24-15(16,17)18/h2-5H,6-10H2,1H3,(H,19,25)(H,20,23). The van der Waals surface area contributed by atoms with Crippen LogP contribution in [0.1, 0.15) is 0 Å². The summed E-state index contributed by atoms with van der Waals surface area (Å²) in [6.07, 6.45) is -4.73. The molecule has 0 aliphatic carbocycles. The molecule has 0 unspecified atom stereocenters. The van der Waals surface area contributed by atoms with Crippen molar-refractivity contribution in [1.82, 2.24) is 15.1 Å². The van der Waals surface area contributed by atoms with E-state index in [-0.39, 0.29) is 18.2 Å². The number of halogens is 3. The number of amides is 1. The van der Waals surface area contributed by atoms with E-state index < -0.39 is 6.36 Å². The molecular weight excluding hydrogens is 357 g/mol. The molecule has 0 aromatic heterocycles. The smallest absolute Gasteiger partial charge is 0.406 e. The Balaban J connectivity index is 1.78. The third kappa shape index (κ3) is 6.39. The van der Waals surface area contributed by atoms with Gasteiger partial charge in [0.1, 0.15) is 5.75 Å². The lowest BCUT2D eigenvalue weighted by Gasteiger charge is -2.35. The van der Waals surface area contributed by atoms with Crippen LogP contribution in [0.3, 0.4) is 0 Å². The highest BCUT2D eigenvalue weighted by Crippen LogP contribution is 2.23. The van der Waals surface area contributed by atoms with Crippen molar-refractivity contribution >= 4 is 28.9 Å². The van der Waals surface area contributed by atoms with Crippen LogP contribution in [0.25, 0.3) is 0 Å². The summed E-state index contributed by atoms with van der Waals surface area (Å²) in [7, 11) is 1.77. The van der Waals surface area contributed by atoms with Gasteiger partial charge in [-0.05, 0) is 36.5 Å². The van der Waals surface area contributed by atoms with Crippen molar-refractivity contribution in [3.63, 3.8) is 0 Å². The number of hydrogen-bond donors (Lipinski definition) is 2. The number of ether oxygens (including phenoxy) is 1. The van der Waals surface area contributed by atoms with Gasteiger partial charge < -0.3 is 20.3 Å². The minimum atomic E-state index is -4.73. The van der Waals surface area contributed by atoms with Gasteiger partial charge in [0.25, 0.3) is 0 Å². The van der Waals surface area contributed by atoms with Gasteiger partial charge in [-0.3, -0.25) is 9.69 Å². The molecule has 10 heteroatoms. The molecule has 1 aliphatic rings. The summed E-state index contributed by atoms with van der Waals surface area (Å²) in [5.41, 5.74) is 0.412. The van der Waals surface area contributed by atoms with E-state index in [1.54, 1.807) is 7.05 Å². The first-order chi connectivity index (χ1) is 11.8. The molecule has 25 heavy (non-hydrogen) atoms. The SMILES string of the molecule is CNC(=S)N1CCN(CC(=O)Nc2ccc(OC(F)(F)F)cc2)CC1. The number of hydrogen-bond acceptors (Lipinski definition) is 4. The van der Waals surface area contributed by atoms with Gasteiger partial charge in [-0.25, -0.2) is 0 Å². The van der Waals surface area contributed by atoms with Crippen molar-refractivity contribution in [2.45, 2.75) is 6.36 Å². The zero-order chi connectivity index (χ0) is 18.4. The van der Waals surface area contributed by atoms with Crippen LogP contribution in [0.5, 0.6) is 5.75 Å². The first kappa shape index (κ1) is 19.3. The molecule has 1 fully saturated rings. The van der Waals surface area contributed by atoms with Crippen LogP contribution in [-0.4, -0.2) is 67.0 Å². The summed E-state index contributed by atoms with van der Waals surface area (Å²) in [5, 5.41) is 6.26. The quantitative estimate of drug-likeness (QED) is 0.780. The highest BCUT2D eigenvalue weighted by molar-refractivity contribution is 7.80. The second-order valence-corrected chi connectivity index (χ2v) is 5.83. The van der Waals surface area contributed by atoms with Crippen molar-refractivity contribution in [2.24, 2.45) is 0 Å². The maximum Gasteiger partial charge on any atom is 0.573 e. The number of anilines is 1. The highest BCUT2D eigenvalue weighted by Gasteiger charge is 2.31. The largest absolute Gasteiger partial charge is 0.573 e. The Kier molecular flexibility index (Phi) is 6.43. The van der Waals surface area contributed by atoms with Crippen molar-refractivity contribution in [2.75, 3.05) is 45.1 Å². The van der Waals surface area contributed by atoms with E-state index >= 15 is 0 Å². The monoisotopic (exact) mass is 376 g/mol. The Morgan fingerprint density at radius 1 is 1.20 bits per heavy atom. The second kappa shape index (κ2) is 8.34. The minimum Gasteiger partial charge on any atom is -0.406 e. The molecule has 138 valence electrons. The Bertz CT molecular complexity index is 602. The van der Waals surface area contributed by atoms with Crippen LogP contribution in [0.15, 0.2) is 24.3 Å². The van der Waals surface area contributed by atoms with Gasteiger partial charge in [0.05, 0.1) is 6.54 Å². The van der Waals surface area contributed by atoms with E-state index in [1.807, 2.05) is 9.80 Å². The summed E-state index contributed by atoms with van der Waals surface area (Å²) in [6, 6.07) is 5.03.